The van der Waals surface area contributed by atoms with Crippen molar-refractivity contribution in [1.29, 1.82) is 0 Å². The number of piperazine rings is 1. The maximum absolute atomic E-state index is 13.5. The highest BCUT2D eigenvalue weighted by atomic mass is 35.5. The SMILES string of the molecule is NC(=O)c1ccc(CCNCCCN2CCOCC2)cc1-c1ccc(S(=O)(=O)N2CCN(c3cc(C(F)(F)F)cc(Cl)n3)CC2)cc1. The Hall–Kier alpha value is -3.27. The number of morpholine rings is 1. The number of alkyl halides is 3. The average molecular weight is 695 g/mol. The number of carbonyl (C=O) groups excluding carboxylic acids is 1. The molecule has 0 saturated carbocycles. The Morgan fingerprint density at radius 3 is 2.32 bits per heavy atom. The molecule has 0 bridgehead atoms. The second-order valence-corrected chi connectivity index (χ2v) is 13.8. The highest BCUT2D eigenvalue weighted by Crippen LogP contribution is 2.33. The second kappa shape index (κ2) is 15.3. The standard InChI is InChI=1S/C32H38ClF3N6O4S/c33-29-21-25(32(34,35)36)22-30(39-29)41-12-14-42(15-13-41)47(44,45)26-5-3-24(4-6-26)28-20-23(2-7-27(28)31(37)43)8-10-38-9-1-11-40-16-18-46-19-17-40/h2-7,20-22,38H,1,8-19H2,(H2,37,43). The van der Waals surface area contributed by atoms with E-state index in [0.717, 1.165) is 76.5 Å². The monoisotopic (exact) mass is 694 g/mol. The smallest absolute Gasteiger partial charge is 0.379 e. The van der Waals surface area contributed by atoms with E-state index in [1.807, 2.05) is 12.1 Å². The number of hydrogen-bond donors (Lipinski definition) is 2. The number of benzene rings is 2. The topological polar surface area (TPSA) is 121 Å². The lowest BCUT2D eigenvalue weighted by Gasteiger charge is -2.35. The first-order valence-electron chi connectivity index (χ1n) is 15.5. The normalized spacial score (nSPS) is 16.8. The number of nitrogens with zero attached hydrogens (tertiary/aromatic N) is 4. The molecule has 0 atom stereocenters. The van der Waals surface area contributed by atoms with Crippen molar-refractivity contribution in [3.63, 3.8) is 0 Å². The third kappa shape index (κ3) is 9.00. The largest absolute Gasteiger partial charge is 0.416 e. The molecule has 5 rings (SSSR count). The van der Waals surface area contributed by atoms with Crippen molar-refractivity contribution >= 4 is 33.3 Å². The zero-order valence-electron chi connectivity index (χ0n) is 25.8. The van der Waals surface area contributed by atoms with E-state index in [0.29, 0.717) is 16.7 Å². The Morgan fingerprint density at radius 2 is 1.66 bits per heavy atom. The molecule has 2 aliphatic rings. The summed E-state index contributed by atoms with van der Waals surface area (Å²) in [5, 5.41) is 3.18. The van der Waals surface area contributed by atoms with Gasteiger partial charge in [0.1, 0.15) is 11.0 Å². The lowest BCUT2D eigenvalue weighted by atomic mass is 9.96. The molecule has 0 unspecified atom stereocenters. The number of rotatable bonds is 12. The Kier molecular flexibility index (Phi) is 11.4. The van der Waals surface area contributed by atoms with E-state index < -0.39 is 27.7 Å². The molecule has 10 nitrogen and oxygen atoms in total. The van der Waals surface area contributed by atoms with Gasteiger partial charge in [-0.05, 0) is 79.5 Å². The van der Waals surface area contributed by atoms with Gasteiger partial charge < -0.3 is 20.7 Å². The summed E-state index contributed by atoms with van der Waals surface area (Å²) < 4.78 is 73.4. The number of primary amides is 1. The van der Waals surface area contributed by atoms with Crippen molar-refractivity contribution in [3.8, 4) is 11.1 Å². The van der Waals surface area contributed by atoms with E-state index in [-0.39, 0.29) is 42.0 Å². The van der Waals surface area contributed by atoms with Gasteiger partial charge in [0.15, 0.2) is 0 Å². The fraction of sp³-hybridized carbons (Fsp3) is 0.438. The summed E-state index contributed by atoms with van der Waals surface area (Å²) in [6.07, 6.45) is -2.80. The number of aromatic nitrogens is 1. The molecule has 2 fully saturated rings. The molecule has 2 aliphatic heterocycles. The molecule has 0 radical (unpaired) electrons. The molecule has 1 amide bonds. The van der Waals surface area contributed by atoms with Crippen LogP contribution in [0.1, 0.15) is 27.9 Å². The molecule has 47 heavy (non-hydrogen) atoms. The van der Waals surface area contributed by atoms with E-state index in [1.54, 1.807) is 23.1 Å². The molecular weight excluding hydrogens is 657 g/mol. The van der Waals surface area contributed by atoms with Gasteiger partial charge >= 0.3 is 6.18 Å². The highest BCUT2D eigenvalue weighted by molar-refractivity contribution is 7.89. The third-order valence-electron chi connectivity index (χ3n) is 8.35. The van der Waals surface area contributed by atoms with Gasteiger partial charge in [0.05, 0.1) is 23.7 Å². The van der Waals surface area contributed by atoms with Gasteiger partial charge in [0.25, 0.3) is 0 Å². The quantitative estimate of drug-likeness (QED) is 0.217. The fourth-order valence-corrected chi connectivity index (χ4v) is 7.36. The number of nitrogens with one attached hydrogen (secondary N) is 1. The summed E-state index contributed by atoms with van der Waals surface area (Å²) in [5.41, 5.74) is 7.36. The highest BCUT2D eigenvalue weighted by Gasteiger charge is 2.34. The zero-order valence-corrected chi connectivity index (χ0v) is 27.4. The number of ether oxygens (including phenoxy) is 1. The molecule has 0 spiro atoms. The van der Waals surface area contributed by atoms with Gasteiger partial charge in [-0.2, -0.15) is 17.5 Å². The van der Waals surface area contributed by atoms with E-state index in [9.17, 15) is 26.4 Å². The predicted molar refractivity (Wildman–Crippen MR) is 174 cm³/mol. The lowest BCUT2D eigenvalue weighted by molar-refractivity contribution is -0.137. The minimum Gasteiger partial charge on any atom is -0.379 e. The van der Waals surface area contributed by atoms with Crippen molar-refractivity contribution in [2.75, 3.05) is 77.0 Å². The van der Waals surface area contributed by atoms with Crippen LogP contribution in [0.25, 0.3) is 11.1 Å². The van der Waals surface area contributed by atoms with Crippen LogP contribution in [-0.4, -0.2) is 101 Å². The summed E-state index contributed by atoms with van der Waals surface area (Å²) >= 11 is 5.83. The first kappa shape index (κ1) is 35.0. The Balaban J connectivity index is 1.20. The summed E-state index contributed by atoms with van der Waals surface area (Å²) in [6.45, 7) is 6.58. The van der Waals surface area contributed by atoms with Crippen molar-refractivity contribution in [1.82, 2.24) is 19.5 Å². The first-order chi connectivity index (χ1) is 22.4. The summed E-state index contributed by atoms with van der Waals surface area (Å²) in [4.78, 5) is 20.3. The van der Waals surface area contributed by atoms with Gasteiger partial charge in [-0.15, -0.1) is 0 Å². The Bertz CT molecular complexity index is 1650. The van der Waals surface area contributed by atoms with Crippen molar-refractivity contribution < 1.29 is 31.1 Å². The molecule has 2 saturated heterocycles. The van der Waals surface area contributed by atoms with Gasteiger partial charge in [0, 0.05) is 44.8 Å². The van der Waals surface area contributed by atoms with E-state index in [1.165, 1.54) is 16.4 Å². The van der Waals surface area contributed by atoms with Crippen LogP contribution in [0.15, 0.2) is 59.5 Å². The maximum atomic E-state index is 13.5. The van der Waals surface area contributed by atoms with E-state index in [4.69, 9.17) is 22.1 Å². The number of pyridine rings is 1. The van der Waals surface area contributed by atoms with Gasteiger partial charge in [0.2, 0.25) is 15.9 Å². The van der Waals surface area contributed by atoms with E-state index >= 15 is 0 Å². The number of nitrogens with two attached hydrogens (primary N) is 1. The number of halogens is 4. The van der Waals surface area contributed by atoms with Crippen molar-refractivity contribution in [2.24, 2.45) is 5.73 Å². The molecule has 3 aromatic rings. The van der Waals surface area contributed by atoms with Crippen LogP contribution in [0.4, 0.5) is 19.0 Å². The second-order valence-electron chi connectivity index (χ2n) is 11.5. The number of sulfonamides is 1. The fourth-order valence-electron chi connectivity index (χ4n) is 5.73. The van der Waals surface area contributed by atoms with Gasteiger partial charge in [-0.3, -0.25) is 9.69 Å². The van der Waals surface area contributed by atoms with Crippen LogP contribution in [-0.2, 0) is 27.4 Å². The molecule has 0 aliphatic carbocycles. The van der Waals surface area contributed by atoms with Crippen LogP contribution < -0.4 is 16.0 Å². The zero-order chi connectivity index (χ0) is 33.6. The molecule has 254 valence electrons. The predicted octanol–water partition coefficient (Wildman–Crippen LogP) is 3.89. The molecule has 3 N–H and O–H groups in total. The van der Waals surface area contributed by atoms with Crippen LogP contribution in [0, 0.1) is 0 Å². The minimum atomic E-state index is -4.58. The lowest BCUT2D eigenvalue weighted by Crippen LogP contribution is -2.49. The average Bonchev–Trinajstić information content (AvgIpc) is 3.06. The van der Waals surface area contributed by atoms with Crippen molar-refractivity contribution in [2.45, 2.75) is 23.9 Å². The molecule has 1 aromatic heterocycles. The molecular formula is C32H38ClF3N6O4S. The Morgan fingerprint density at radius 1 is 0.957 bits per heavy atom. The summed E-state index contributed by atoms with van der Waals surface area (Å²) in [6, 6.07) is 13.4. The van der Waals surface area contributed by atoms with Crippen LogP contribution >= 0.6 is 11.6 Å². The molecule has 3 heterocycles. The molecule has 2 aromatic carbocycles. The van der Waals surface area contributed by atoms with Crippen LogP contribution in [0.3, 0.4) is 0 Å². The summed E-state index contributed by atoms with van der Waals surface area (Å²) in [5.74, 6) is -0.544. The maximum Gasteiger partial charge on any atom is 0.416 e. The number of carbonyl (C=O) groups is 1. The Labute approximate surface area is 277 Å². The third-order valence-corrected chi connectivity index (χ3v) is 10.5. The van der Waals surface area contributed by atoms with Crippen LogP contribution in [0.5, 0.6) is 0 Å². The number of hydrogen-bond acceptors (Lipinski definition) is 8. The number of amides is 1. The summed E-state index contributed by atoms with van der Waals surface area (Å²) in [7, 11) is -3.90. The minimum absolute atomic E-state index is 0.0401. The van der Waals surface area contributed by atoms with Crippen LogP contribution in [0.2, 0.25) is 5.15 Å². The van der Waals surface area contributed by atoms with E-state index in [2.05, 4.69) is 15.2 Å². The first-order valence-corrected chi connectivity index (χ1v) is 17.3. The van der Waals surface area contributed by atoms with Crippen molar-refractivity contribution in [3.05, 3.63) is 76.4 Å². The van der Waals surface area contributed by atoms with Gasteiger partial charge in [-0.1, -0.05) is 35.9 Å². The molecule has 15 heteroatoms. The van der Waals surface area contributed by atoms with Gasteiger partial charge in [-0.25, -0.2) is 13.4 Å². The number of anilines is 1.